The number of nitrogens with zero attached hydrogens (tertiary/aromatic N) is 2. The SMILES string of the molecule is Cc1c(C(=O)NC(C)c2ccc3c(c2)OCCO3)cnn1-c1ccccc1F. The fourth-order valence-electron chi connectivity index (χ4n) is 3.19. The number of halogens is 1. The lowest BCUT2D eigenvalue weighted by Crippen LogP contribution is -2.27. The van der Waals surface area contributed by atoms with Gasteiger partial charge >= 0.3 is 0 Å². The zero-order valence-electron chi connectivity index (χ0n) is 15.6. The van der Waals surface area contributed by atoms with Gasteiger partial charge in [0.25, 0.3) is 5.91 Å². The summed E-state index contributed by atoms with van der Waals surface area (Å²) in [5.41, 5.74) is 2.17. The van der Waals surface area contributed by atoms with E-state index in [2.05, 4.69) is 10.4 Å². The first-order valence-electron chi connectivity index (χ1n) is 9.04. The van der Waals surface area contributed by atoms with Crippen molar-refractivity contribution >= 4 is 5.91 Å². The van der Waals surface area contributed by atoms with E-state index in [1.807, 2.05) is 25.1 Å². The zero-order chi connectivity index (χ0) is 19.7. The van der Waals surface area contributed by atoms with E-state index in [1.165, 1.54) is 16.9 Å². The largest absolute Gasteiger partial charge is 0.486 e. The minimum Gasteiger partial charge on any atom is -0.486 e. The van der Waals surface area contributed by atoms with Crippen molar-refractivity contribution in [2.75, 3.05) is 13.2 Å². The standard InChI is InChI=1S/C21H20FN3O3/c1-13(15-7-8-19-20(11-15)28-10-9-27-19)24-21(26)16-12-23-25(14(16)2)18-6-4-3-5-17(18)22/h3-8,11-13H,9-10H2,1-2H3,(H,24,26). The average molecular weight is 381 g/mol. The molecule has 0 radical (unpaired) electrons. The van der Waals surface area contributed by atoms with Crippen LogP contribution in [-0.4, -0.2) is 28.9 Å². The number of benzene rings is 2. The third kappa shape index (κ3) is 3.31. The van der Waals surface area contributed by atoms with Crippen molar-refractivity contribution in [3.8, 4) is 17.2 Å². The summed E-state index contributed by atoms with van der Waals surface area (Å²) < 4.78 is 26.6. The minimum absolute atomic E-state index is 0.250. The van der Waals surface area contributed by atoms with E-state index in [0.717, 1.165) is 5.56 Å². The molecular formula is C21H20FN3O3. The first-order valence-corrected chi connectivity index (χ1v) is 9.04. The lowest BCUT2D eigenvalue weighted by atomic mass is 10.1. The highest BCUT2D eigenvalue weighted by atomic mass is 19.1. The first-order chi connectivity index (χ1) is 13.5. The van der Waals surface area contributed by atoms with Gasteiger partial charge in [-0.25, -0.2) is 9.07 Å². The molecule has 28 heavy (non-hydrogen) atoms. The third-order valence-corrected chi connectivity index (χ3v) is 4.75. The van der Waals surface area contributed by atoms with Gasteiger partial charge in [-0.1, -0.05) is 18.2 Å². The van der Waals surface area contributed by atoms with Crippen LogP contribution in [0.4, 0.5) is 4.39 Å². The van der Waals surface area contributed by atoms with Crippen molar-refractivity contribution in [1.29, 1.82) is 0 Å². The van der Waals surface area contributed by atoms with Crippen molar-refractivity contribution in [3.63, 3.8) is 0 Å². The number of para-hydroxylation sites is 1. The van der Waals surface area contributed by atoms with Gasteiger partial charge in [0.2, 0.25) is 0 Å². The Labute approximate surface area is 161 Å². The predicted molar refractivity (Wildman–Crippen MR) is 102 cm³/mol. The molecule has 7 heteroatoms. The van der Waals surface area contributed by atoms with Gasteiger partial charge in [-0.3, -0.25) is 4.79 Å². The van der Waals surface area contributed by atoms with Crippen LogP contribution in [0.15, 0.2) is 48.7 Å². The maximum absolute atomic E-state index is 14.1. The Kier molecular flexibility index (Phi) is 4.73. The number of amides is 1. The van der Waals surface area contributed by atoms with E-state index < -0.39 is 5.82 Å². The number of hydrogen-bond donors (Lipinski definition) is 1. The van der Waals surface area contributed by atoms with Crippen LogP contribution in [0.25, 0.3) is 5.69 Å². The maximum Gasteiger partial charge on any atom is 0.255 e. The molecule has 1 atom stereocenters. The number of aromatic nitrogens is 2. The van der Waals surface area contributed by atoms with Gasteiger partial charge in [-0.15, -0.1) is 0 Å². The lowest BCUT2D eigenvalue weighted by Gasteiger charge is -2.21. The van der Waals surface area contributed by atoms with E-state index in [1.54, 1.807) is 25.1 Å². The van der Waals surface area contributed by atoms with Gasteiger partial charge < -0.3 is 14.8 Å². The van der Waals surface area contributed by atoms with Gasteiger partial charge in [0.15, 0.2) is 11.5 Å². The highest BCUT2D eigenvalue weighted by Gasteiger charge is 2.20. The Morgan fingerprint density at radius 2 is 1.93 bits per heavy atom. The van der Waals surface area contributed by atoms with Crippen LogP contribution in [0.2, 0.25) is 0 Å². The third-order valence-electron chi connectivity index (χ3n) is 4.75. The predicted octanol–water partition coefficient (Wildman–Crippen LogP) is 3.58. The quantitative estimate of drug-likeness (QED) is 0.750. The summed E-state index contributed by atoms with van der Waals surface area (Å²) in [4.78, 5) is 12.8. The molecule has 2 heterocycles. The number of fused-ring (bicyclic) bond motifs is 1. The molecule has 144 valence electrons. The van der Waals surface area contributed by atoms with E-state index >= 15 is 0 Å². The molecule has 1 aliphatic rings. The van der Waals surface area contributed by atoms with Crippen molar-refractivity contribution in [2.24, 2.45) is 0 Å². The summed E-state index contributed by atoms with van der Waals surface area (Å²) in [6, 6.07) is 11.7. The Morgan fingerprint density at radius 3 is 2.71 bits per heavy atom. The minimum atomic E-state index is -0.398. The summed E-state index contributed by atoms with van der Waals surface area (Å²) in [7, 11) is 0. The molecule has 1 N–H and O–H groups in total. The highest BCUT2D eigenvalue weighted by Crippen LogP contribution is 2.32. The van der Waals surface area contributed by atoms with Crippen LogP contribution in [0, 0.1) is 12.7 Å². The van der Waals surface area contributed by atoms with Crippen molar-refractivity contribution in [2.45, 2.75) is 19.9 Å². The number of carbonyl (C=O) groups excluding carboxylic acids is 1. The van der Waals surface area contributed by atoms with Crippen LogP contribution in [0.1, 0.15) is 34.6 Å². The summed E-state index contributed by atoms with van der Waals surface area (Å²) in [6.07, 6.45) is 1.45. The Hall–Kier alpha value is -3.35. The smallest absolute Gasteiger partial charge is 0.255 e. The summed E-state index contributed by atoms with van der Waals surface area (Å²) in [5.74, 6) is 0.705. The fourth-order valence-corrected chi connectivity index (χ4v) is 3.19. The van der Waals surface area contributed by atoms with Crippen molar-refractivity contribution in [3.05, 3.63) is 71.3 Å². The van der Waals surface area contributed by atoms with Gasteiger partial charge in [0, 0.05) is 0 Å². The van der Waals surface area contributed by atoms with E-state index in [4.69, 9.17) is 9.47 Å². The monoisotopic (exact) mass is 381 g/mol. The fraction of sp³-hybridized carbons (Fsp3) is 0.238. The average Bonchev–Trinajstić information content (AvgIpc) is 3.09. The number of hydrogen-bond acceptors (Lipinski definition) is 4. The summed E-state index contributed by atoms with van der Waals surface area (Å²) in [5, 5.41) is 7.14. The normalized spacial score (nSPS) is 13.8. The second-order valence-corrected chi connectivity index (χ2v) is 6.61. The van der Waals surface area contributed by atoms with Crippen LogP contribution >= 0.6 is 0 Å². The molecular weight excluding hydrogens is 361 g/mol. The molecule has 1 aliphatic heterocycles. The Bertz CT molecular complexity index is 1030. The Morgan fingerprint density at radius 1 is 1.18 bits per heavy atom. The van der Waals surface area contributed by atoms with E-state index in [-0.39, 0.29) is 11.9 Å². The molecule has 0 bridgehead atoms. The van der Waals surface area contributed by atoms with E-state index in [0.29, 0.717) is 41.7 Å². The van der Waals surface area contributed by atoms with Gasteiger partial charge in [-0.05, 0) is 43.7 Å². The van der Waals surface area contributed by atoms with Gasteiger partial charge in [0.1, 0.15) is 24.7 Å². The first kappa shape index (κ1) is 18.0. The van der Waals surface area contributed by atoms with Gasteiger partial charge in [0.05, 0.1) is 23.5 Å². The van der Waals surface area contributed by atoms with E-state index in [9.17, 15) is 9.18 Å². The van der Waals surface area contributed by atoms with Crippen LogP contribution in [-0.2, 0) is 0 Å². The second-order valence-electron chi connectivity index (χ2n) is 6.61. The molecule has 1 unspecified atom stereocenters. The summed E-state index contributed by atoms with van der Waals surface area (Å²) in [6.45, 7) is 4.67. The molecule has 0 spiro atoms. The van der Waals surface area contributed by atoms with Crippen molar-refractivity contribution < 1.29 is 18.7 Å². The molecule has 0 aliphatic carbocycles. The lowest BCUT2D eigenvalue weighted by molar-refractivity contribution is 0.0939. The molecule has 2 aromatic carbocycles. The number of carbonyl (C=O) groups is 1. The highest BCUT2D eigenvalue weighted by molar-refractivity contribution is 5.95. The van der Waals surface area contributed by atoms with Crippen LogP contribution < -0.4 is 14.8 Å². The summed E-state index contributed by atoms with van der Waals surface area (Å²) >= 11 is 0. The molecule has 3 aromatic rings. The molecule has 0 saturated carbocycles. The molecule has 0 saturated heterocycles. The second kappa shape index (κ2) is 7.34. The van der Waals surface area contributed by atoms with Crippen LogP contribution in [0.5, 0.6) is 11.5 Å². The zero-order valence-corrected chi connectivity index (χ0v) is 15.6. The van der Waals surface area contributed by atoms with Gasteiger partial charge in [-0.2, -0.15) is 5.10 Å². The number of ether oxygens (including phenoxy) is 2. The van der Waals surface area contributed by atoms with Crippen molar-refractivity contribution in [1.82, 2.24) is 15.1 Å². The Balaban J connectivity index is 1.53. The maximum atomic E-state index is 14.1. The number of nitrogens with one attached hydrogen (secondary N) is 1. The molecule has 6 nitrogen and oxygen atoms in total. The molecule has 4 rings (SSSR count). The topological polar surface area (TPSA) is 65.4 Å². The molecule has 1 aromatic heterocycles. The molecule has 0 fully saturated rings. The number of rotatable bonds is 4. The molecule has 1 amide bonds. The van der Waals surface area contributed by atoms with Crippen LogP contribution in [0.3, 0.4) is 0 Å².